The molecule has 0 aliphatic carbocycles. The van der Waals surface area contributed by atoms with Crippen LogP contribution in [0.5, 0.6) is 0 Å². The van der Waals surface area contributed by atoms with E-state index in [1.54, 1.807) is 0 Å². The molecule has 0 saturated heterocycles. The minimum Gasteiger partial charge on any atom is -0.153 e. The van der Waals surface area contributed by atoms with Crippen LogP contribution in [0.2, 0.25) is 0 Å². The third-order valence-corrected chi connectivity index (χ3v) is 2.44. The first-order valence-corrected chi connectivity index (χ1v) is 5.47. The second-order valence-electron chi connectivity index (χ2n) is 3.63. The minimum absolute atomic E-state index is 0. The zero-order valence-electron chi connectivity index (χ0n) is 9.52. The average Bonchev–Trinajstić information content (AvgIpc) is 2.11. The van der Waals surface area contributed by atoms with E-state index in [1.807, 2.05) is 0 Å². The van der Waals surface area contributed by atoms with Gasteiger partial charge in [0.1, 0.15) is 0 Å². The van der Waals surface area contributed by atoms with Crippen LogP contribution in [0.15, 0.2) is 12.7 Å². The highest BCUT2D eigenvalue weighted by atomic mass is 31.0. The molecular formula is C12H27P. The summed E-state index contributed by atoms with van der Waals surface area (Å²) in [6.45, 7) is 8.41. The van der Waals surface area contributed by atoms with Crippen molar-refractivity contribution in [2.75, 3.05) is 0 Å². The van der Waals surface area contributed by atoms with Gasteiger partial charge in [0.2, 0.25) is 0 Å². The molecule has 0 N–H and O–H groups in total. The fraction of sp³-hybridized carbons (Fsp3) is 0.833. The van der Waals surface area contributed by atoms with Crippen LogP contribution < -0.4 is 0 Å². The normalized spacial score (nSPS) is 11.8. The lowest BCUT2D eigenvalue weighted by molar-refractivity contribution is 0.489. The summed E-state index contributed by atoms with van der Waals surface area (Å²) in [5, 5.41) is 0. The maximum Gasteiger partial charge on any atom is -0.0236 e. The summed E-state index contributed by atoms with van der Waals surface area (Å²) >= 11 is 0. The van der Waals surface area contributed by atoms with Crippen molar-refractivity contribution in [1.29, 1.82) is 0 Å². The van der Waals surface area contributed by atoms with Crippen molar-refractivity contribution in [2.45, 2.75) is 58.8 Å². The first kappa shape index (κ1) is 15.6. The Bertz CT molecular complexity index is 99.3. The van der Waals surface area contributed by atoms with Crippen molar-refractivity contribution in [3.63, 3.8) is 0 Å². The van der Waals surface area contributed by atoms with E-state index >= 15 is 0 Å². The van der Waals surface area contributed by atoms with Gasteiger partial charge in [0.25, 0.3) is 0 Å². The number of hydrogen-bond acceptors (Lipinski definition) is 0. The molecule has 0 rings (SSSR count). The second-order valence-corrected chi connectivity index (χ2v) is 3.63. The van der Waals surface area contributed by atoms with Gasteiger partial charge in [-0.05, 0) is 18.8 Å². The third kappa shape index (κ3) is 10.1. The predicted molar refractivity (Wildman–Crippen MR) is 68.5 cm³/mol. The van der Waals surface area contributed by atoms with E-state index in [1.165, 1.54) is 44.9 Å². The van der Waals surface area contributed by atoms with E-state index in [9.17, 15) is 0 Å². The van der Waals surface area contributed by atoms with Gasteiger partial charge in [0.15, 0.2) is 0 Å². The Hall–Kier alpha value is 0.170. The number of allylic oxidation sites excluding steroid dienone is 1. The average molecular weight is 202 g/mol. The first-order chi connectivity index (χ1) is 5.85. The molecule has 0 amide bonds. The van der Waals surface area contributed by atoms with Gasteiger partial charge in [-0.1, -0.05) is 52.0 Å². The van der Waals surface area contributed by atoms with Gasteiger partial charge >= 0.3 is 0 Å². The second kappa shape index (κ2) is 12.2. The standard InChI is InChI=1S/C12H24.H3P/c1-4-7-9-11-12(6-3)10-8-5-2;/h6,12H,3-5,7-11H2,1-2H3;1H3. The predicted octanol–water partition coefficient (Wildman–Crippen LogP) is 4.62. The van der Waals surface area contributed by atoms with Crippen LogP contribution in [-0.4, -0.2) is 0 Å². The zero-order chi connectivity index (χ0) is 9.23. The number of hydrogen-bond donors (Lipinski definition) is 0. The lowest BCUT2D eigenvalue weighted by Crippen LogP contribution is -1.95. The Labute approximate surface area is 87.8 Å². The molecule has 0 nitrogen and oxygen atoms in total. The molecule has 0 aromatic carbocycles. The lowest BCUT2D eigenvalue weighted by Gasteiger charge is -2.10. The van der Waals surface area contributed by atoms with Crippen molar-refractivity contribution in [3.05, 3.63) is 12.7 Å². The lowest BCUT2D eigenvalue weighted by atomic mass is 9.96. The highest BCUT2D eigenvalue weighted by Crippen LogP contribution is 2.17. The van der Waals surface area contributed by atoms with E-state index in [0.717, 1.165) is 5.92 Å². The summed E-state index contributed by atoms with van der Waals surface area (Å²) < 4.78 is 0. The Morgan fingerprint density at radius 1 is 1.00 bits per heavy atom. The minimum atomic E-state index is 0. The molecule has 80 valence electrons. The van der Waals surface area contributed by atoms with Crippen LogP contribution in [-0.2, 0) is 0 Å². The van der Waals surface area contributed by atoms with E-state index in [2.05, 4.69) is 26.5 Å². The maximum atomic E-state index is 3.89. The number of rotatable bonds is 8. The number of unbranched alkanes of at least 4 members (excludes halogenated alkanes) is 3. The molecule has 0 aromatic heterocycles. The SMILES string of the molecule is C=CC(CCCC)CCCCC.P. The smallest absolute Gasteiger partial charge is 0.0236 e. The monoisotopic (exact) mass is 202 g/mol. The molecule has 0 bridgehead atoms. The van der Waals surface area contributed by atoms with Crippen molar-refractivity contribution in [1.82, 2.24) is 0 Å². The van der Waals surface area contributed by atoms with E-state index < -0.39 is 0 Å². The van der Waals surface area contributed by atoms with Crippen LogP contribution in [0.4, 0.5) is 0 Å². The summed E-state index contributed by atoms with van der Waals surface area (Å²) in [4.78, 5) is 0. The van der Waals surface area contributed by atoms with Gasteiger partial charge in [-0.15, -0.1) is 6.58 Å². The molecule has 1 heteroatoms. The molecule has 2 unspecified atom stereocenters. The van der Waals surface area contributed by atoms with Crippen molar-refractivity contribution < 1.29 is 0 Å². The fourth-order valence-electron chi connectivity index (χ4n) is 1.50. The molecule has 0 radical (unpaired) electrons. The van der Waals surface area contributed by atoms with Gasteiger partial charge < -0.3 is 0 Å². The molecule has 13 heavy (non-hydrogen) atoms. The molecule has 0 heterocycles. The van der Waals surface area contributed by atoms with Gasteiger partial charge in [0.05, 0.1) is 0 Å². The Morgan fingerprint density at radius 3 is 2.00 bits per heavy atom. The molecule has 0 spiro atoms. The van der Waals surface area contributed by atoms with Gasteiger partial charge in [0, 0.05) is 0 Å². The molecule has 0 aliphatic heterocycles. The van der Waals surface area contributed by atoms with Crippen molar-refractivity contribution in [3.8, 4) is 0 Å². The van der Waals surface area contributed by atoms with Crippen molar-refractivity contribution >= 4 is 9.90 Å². The van der Waals surface area contributed by atoms with Crippen LogP contribution >= 0.6 is 9.90 Å². The van der Waals surface area contributed by atoms with Crippen LogP contribution in [0.25, 0.3) is 0 Å². The molecule has 0 aliphatic rings. The van der Waals surface area contributed by atoms with Crippen LogP contribution in [0.3, 0.4) is 0 Å². The maximum absolute atomic E-state index is 3.89. The van der Waals surface area contributed by atoms with Crippen LogP contribution in [0.1, 0.15) is 58.8 Å². The Kier molecular flexibility index (Phi) is 14.6. The van der Waals surface area contributed by atoms with E-state index in [0.29, 0.717) is 0 Å². The fourth-order valence-corrected chi connectivity index (χ4v) is 1.50. The Morgan fingerprint density at radius 2 is 1.54 bits per heavy atom. The van der Waals surface area contributed by atoms with E-state index in [4.69, 9.17) is 0 Å². The molecule has 0 aromatic rings. The highest BCUT2D eigenvalue weighted by molar-refractivity contribution is 6.92. The molecular weight excluding hydrogens is 175 g/mol. The molecule has 0 saturated carbocycles. The van der Waals surface area contributed by atoms with Crippen molar-refractivity contribution in [2.24, 2.45) is 5.92 Å². The summed E-state index contributed by atoms with van der Waals surface area (Å²) in [5.74, 6) is 0.788. The Balaban J connectivity index is 0. The van der Waals surface area contributed by atoms with Gasteiger partial charge in [-0.25, -0.2) is 0 Å². The summed E-state index contributed by atoms with van der Waals surface area (Å²) in [6, 6.07) is 0. The largest absolute Gasteiger partial charge is 0.153 e. The first-order valence-electron chi connectivity index (χ1n) is 5.47. The molecule has 0 fully saturated rings. The topological polar surface area (TPSA) is 0 Å². The van der Waals surface area contributed by atoms with E-state index in [-0.39, 0.29) is 9.90 Å². The summed E-state index contributed by atoms with van der Waals surface area (Å²) in [6.07, 6.45) is 11.6. The quantitative estimate of drug-likeness (QED) is 0.306. The summed E-state index contributed by atoms with van der Waals surface area (Å²) in [7, 11) is 0. The van der Waals surface area contributed by atoms with Crippen LogP contribution in [0, 0.1) is 5.92 Å². The zero-order valence-corrected chi connectivity index (χ0v) is 10.9. The van der Waals surface area contributed by atoms with Gasteiger partial charge in [-0.2, -0.15) is 9.90 Å². The van der Waals surface area contributed by atoms with Gasteiger partial charge in [-0.3, -0.25) is 0 Å². The third-order valence-electron chi connectivity index (χ3n) is 2.44. The summed E-state index contributed by atoms with van der Waals surface area (Å²) in [5.41, 5.74) is 0. The molecule has 2 atom stereocenters. The highest BCUT2D eigenvalue weighted by Gasteiger charge is 2.01.